The summed E-state index contributed by atoms with van der Waals surface area (Å²) in [7, 11) is -4.02. The number of benzene rings is 2. The van der Waals surface area contributed by atoms with Gasteiger partial charge >= 0.3 is 0 Å². The maximum absolute atomic E-state index is 14.5. The molecule has 0 saturated carbocycles. The number of amides is 2. The predicted molar refractivity (Wildman–Crippen MR) is 138 cm³/mol. The van der Waals surface area contributed by atoms with Crippen LogP contribution in [0.25, 0.3) is 0 Å². The number of carbonyl (C=O) groups is 2. The summed E-state index contributed by atoms with van der Waals surface area (Å²) >= 11 is 12.3. The minimum atomic E-state index is -4.02. The number of rotatable bonds is 12. The van der Waals surface area contributed by atoms with Crippen molar-refractivity contribution in [3.05, 3.63) is 63.9 Å². The Kier molecular flexibility index (Phi) is 10.8. The van der Waals surface area contributed by atoms with E-state index >= 15 is 0 Å². The van der Waals surface area contributed by atoms with Crippen molar-refractivity contribution in [1.29, 1.82) is 0 Å². The van der Waals surface area contributed by atoms with E-state index in [1.165, 1.54) is 29.2 Å². The largest absolute Gasteiger partial charge is 0.354 e. The smallest absolute Gasteiger partial charge is 0.244 e. The highest BCUT2D eigenvalue weighted by molar-refractivity contribution is 7.92. The zero-order valence-corrected chi connectivity index (χ0v) is 22.3. The lowest BCUT2D eigenvalue weighted by molar-refractivity contribution is -0.140. The SMILES string of the molecule is CCCCNC(=O)[C@@H](CC)N(Cc1ccc(Cl)cc1Cl)C(=O)CN(c1ccccc1F)S(C)(=O)=O. The van der Waals surface area contributed by atoms with Crippen molar-refractivity contribution in [2.45, 2.75) is 45.7 Å². The molecule has 0 spiro atoms. The fourth-order valence-corrected chi connectivity index (χ4v) is 4.83. The van der Waals surface area contributed by atoms with Crippen LogP contribution in [0.4, 0.5) is 10.1 Å². The number of carbonyl (C=O) groups excluding carboxylic acids is 2. The molecule has 2 amide bonds. The molecule has 0 fully saturated rings. The summed E-state index contributed by atoms with van der Waals surface area (Å²) in [5.41, 5.74) is 0.272. The topological polar surface area (TPSA) is 86.8 Å². The molecule has 0 saturated heterocycles. The molecule has 1 N–H and O–H groups in total. The summed E-state index contributed by atoms with van der Waals surface area (Å²) in [6.45, 7) is 3.43. The van der Waals surface area contributed by atoms with E-state index < -0.39 is 34.3 Å². The molecular weight excluding hydrogens is 516 g/mol. The highest BCUT2D eigenvalue weighted by Crippen LogP contribution is 2.25. The first-order chi connectivity index (χ1) is 16.5. The number of unbranched alkanes of at least 4 members (excludes halogenated alkanes) is 1. The number of anilines is 1. The second kappa shape index (κ2) is 13.1. The normalized spacial score (nSPS) is 12.2. The van der Waals surface area contributed by atoms with E-state index in [-0.39, 0.29) is 24.6 Å². The molecule has 2 aromatic carbocycles. The van der Waals surface area contributed by atoms with Gasteiger partial charge in [-0.05, 0) is 42.7 Å². The fourth-order valence-electron chi connectivity index (χ4n) is 3.51. The average Bonchev–Trinajstić information content (AvgIpc) is 2.78. The van der Waals surface area contributed by atoms with Gasteiger partial charge in [-0.25, -0.2) is 12.8 Å². The van der Waals surface area contributed by atoms with Gasteiger partial charge in [0.15, 0.2) is 0 Å². The summed E-state index contributed by atoms with van der Waals surface area (Å²) in [5, 5.41) is 3.53. The van der Waals surface area contributed by atoms with Crippen LogP contribution in [0.1, 0.15) is 38.7 Å². The van der Waals surface area contributed by atoms with Crippen LogP contribution in [-0.2, 0) is 26.2 Å². The van der Waals surface area contributed by atoms with Crippen LogP contribution in [0, 0.1) is 5.82 Å². The van der Waals surface area contributed by atoms with E-state index in [0.717, 1.165) is 25.2 Å². The summed E-state index contributed by atoms with van der Waals surface area (Å²) in [6, 6.07) is 9.15. The van der Waals surface area contributed by atoms with E-state index in [0.29, 0.717) is 26.5 Å². The van der Waals surface area contributed by atoms with Gasteiger partial charge in [0.1, 0.15) is 18.4 Å². The van der Waals surface area contributed by atoms with Gasteiger partial charge in [0.2, 0.25) is 21.8 Å². The second-order valence-electron chi connectivity index (χ2n) is 8.05. The van der Waals surface area contributed by atoms with Crippen molar-refractivity contribution in [2.24, 2.45) is 0 Å². The number of nitrogens with one attached hydrogen (secondary N) is 1. The lowest BCUT2D eigenvalue weighted by Gasteiger charge is -2.33. The summed E-state index contributed by atoms with van der Waals surface area (Å²) in [4.78, 5) is 27.8. The third kappa shape index (κ3) is 8.08. The van der Waals surface area contributed by atoms with Gasteiger partial charge in [0, 0.05) is 23.1 Å². The molecule has 7 nitrogen and oxygen atoms in total. The lowest BCUT2D eigenvalue weighted by atomic mass is 10.1. The van der Waals surface area contributed by atoms with Crippen LogP contribution in [0.2, 0.25) is 10.0 Å². The standard InChI is InChI=1S/C24H30Cl2FN3O4S/c1-4-6-13-28-24(32)21(5-2)29(15-17-11-12-18(25)14-19(17)26)23(31)16-30(35(3,33)34)22-10-8-7-9-20(22)27/h7-12,14,21H,4-6,13,15-16H2,1-3H3,(H,28,32)/t21-/m1/s1. The fraction of sp³-hybridized carbons (Fsp3) is 0.417. The minimum absolute atomic E-state index is 0.0661. The summed E-state index contributed by atoms with van der Waals surface area (Å²) < 4.78 is 40.2. The first-order valence-electron chi connectivity index (χ1n) is 11.2. The number of para-hydroxylation sites is 1. The van der Waals surface area contributed by atoms with Crippen molar-refractivity contribution in [1.82, 2.24) is 10.2 Å². The Labute approximate surface area is 216 Å². The molecule has 0 radical (unpaired) electrons. The van der Waals surface area contributed by atoms with E-state index in [4.69, 9.17) is 23.2 Å². The average molecular weight is 546 g/mol. The molecule has 0 bridgehead atoms. The third-order valence-corrected chi connectivity index (χ3v) is 7.09. The van der Waals surface area contributed by atoms with Gasteiger partial charge in [-0.15, -0.1) is 0 Å². The Morgan fingerprint density at radius 1 is 1.11 bits per heavy atom. The second-order valence-corrected chi connectivity index (χ2v) is 10.8. The Morgan fingerprint density at radius 3 is 2.37 bits per heavy atom. The van der Waals surface area contributed by atoms with Crippen molar-refractivity contribution < 1.29 is 22.4 Å². The molecule has 0 aliphatic carbocycles. The Bertz CT molecular complexity index is 1150. The maximum atomic E-state index is 14.5. The third-order valence-electron chi connectivity index (χ3n) is 5.37. The molecule has 0 aliphatic heterocycles. The number of halogens is 3. The quantitative estimate of drug-likeness (QED) is 0.394. The molecule has 0 aliphatic rings. The molecule has 192 valence electrons. The van der Waals surface area contributed by atoms with E-state index in [2.05, 4.69) is 5.32 Å². The summed E-state index contributed by atoms with van der Waals surface area (Å²) in [5.74, 6) is -1.83. The van der Waals surface area contributed by atoms with Gasteiger partial charge in [0.25, 0.3) is 0 Å². The predicted octanol–water partition coefficient (Wildman–Crippen LogP) is 4.62. The maximum Gasteiger partial charge on any atom is 0.244 e. The highest BCUT2D eigenvalue weighted by Gasteiger charge is 2.32. The number of nitrogens with zero attached hydrogens (tertiary/aromatic N) is 2. The number of hydrogen-bond acceptors (Lipinski definition) is 4. The zero-order valence-electron chi connectivity index (χ0n) is 19.9. The number of sulfonamides is 1. The van der Waals surface area contributed by atoms with Gasteiger partial charge < -0.3 is 10.2 Å². The van der Waals surface area contributed by atoms with Crippen LogP contribution in [-0.4, -0.2) is 50.5 Å². The minimum Gasteiger partial charge on any atom is -0.354 e. The zero-order chi connectivity index (χ0) is 26.2. The molecule has 0 heterocycles. The first-order valence-corrected chi connectivity index (χ1v) is 13.8. The van der Waals surface area contributed by atoms with Crippen LogP contribution in [0.3, 0.4) is 0 Å². The van der Waals surface area contributed by atoms with Gasteiger partial charge in [-0.3, -0.25) is 13.9 Å². The molecule has 2 aromatic rings. The van der Waals surface area contributed by atoms with Gasteiger partial charge in [0.05, 0.1) is 11.9 Å². The Hall–Kier alpha value is -2.36. The van der Waals surface area contributed by atoms with Crippen molar-refractivity contribution in [2.75, 3.05) is 23.7 Å². The monoisotopic (exact) mass is 545 g/mol. The van der Waals surface area contributed by atoms with E-state index in [9.17, 15) is 22.4 Å². The Balaban J connectivity index is 2.45. The van der Waals surface area contributed by atoms with E-state index in [1.54, 1.807) is 19.1 Å². The molecule has 2 rings (SSSR count). The molecule has 35 heavy (non-hydrogen) atoms. The molecular formula is C24H30Cl2FN3O4S. The van der Waals surface area contributed by atoms with Crippen LogP contribution in [0.15, 0.2) is 42.5 Å². The van der Waals surface area contributed by atoms with Crippen LogP contribution in [0.5, 0.6) is 0 Å². The van der Waals surface area contributed by atoms with Gasteiger partial charge in [-0.2, -0.15) is 0 Å². The molecule has 11 heteroatoms. The molecule has 1 atom stereocenters. The Morgan fingerprint density at radius 2 is 1.80 bits per heavy atom. The van der Waals surface area contributed by atoms with E-state index in [1.807, 2.05) is 6.92 Å². The first kappa shape index (κ1) is 28.9. The van der Waals surface area contributed by atoms with Gasteiger partial charge in [-0.1, -0.05) is 61.7 Å². The van der Waals surface area contributed by atoms with Crippen molar-refractivity contribution in [3.63, 3.8) is 0 Å². The lowest BCUT2D eigenvalue weighted by Crippen LogP contribution is -2.52. The number of hydrogen-bond donors (Lipinski definition) is 1. The van der Waals surface area contributed by atoms with Crippen LogP contribution < -0.4 is 9.62 Å². The van der Waals surface area contributed by atoms with Crippen molar-refractivity contribution in [3.8, 4) is 0 Å². The highest BCUT2D eigenvalue weighted by atomic mass is 35.5. The van der Waals surface area contributed by atoms with Crippen molar-refractivity contribution >= 4 is 50.7 Å². The summed E-state index contributed by atoms with van der Waals surface area (Å²) in [6.07, 6.45) is 2.82. The van der Waals surface area contributed by atoms with Crippen LogP contribution >= 0.6 is 23.2 Å². The molecule has 0 unspecified atom stereocenters. The molecule has 0 aromatic heterocycles.